The second kappa shape index (κ2) is 11.3. The van der Waals surface area contributed by atoms with E-state index in [-0.39, 0.29) is 36.8 Å². The van der Waals surface area contributed by atoms with Gasteiger partial charge in [0.15, 0.2) is 0 Å². The number of halogens is 1. The van der Waals surface area contributed by atoms with Gasteiger partial charge < -0.3 is 20.6 Å². The topological polar surface area (TPSA) is 128 Å². The lowest BCUT2D eigenvalue weighted by atomic mass is 10.0. The molecule has 0 aromatic heterocycles. The highest BCUT2D eigenvalue weighted by Gasteiger charge is 2.37. The van der Waals surface area contributed by atoms with Gasteiger partial charge in [-0.1, -0.05) is 73.1 Å². The van der Waals surface area contributed by atoms with Gasteiger partial charge in [0.25, 0.3) is 5.91 Å². The maximum absolute atomic E-state index is 13.7. The molecule has 0 radical (unpaired) electrons. The zero-order valence-corrected chi connectivity index (χ0v) is 21.5. The third-order valence-electron chi connectivity index (χ3n) is 6.40. The van der Waals surface area contributed by atoms with Gasteiger partial charge in [0.1, 0.15) is 18.4 Å². The van der Waals surface area contributed by atoms with Crippen molar-refractivity contribution in [1.29, 1.82) is 5.41 Å². The third-order valence-corrected chi connectivity index (χ3v) is 6.65. The van der Waals surface area contributed by atoms with Crippen molar-refractivity contribution in [3.05, 3.63) is 99.6 Å². The largest absolute Gasteiger partial charge is 0.480 e. The first-order valence-corrected chi connectivity index (χ1v) is 12.4. The molecule has 0 fully saturated rings. The minimum absolute atomic E-state index is 0.0150. The molecule has 8 nitrogen and oxygen atoms in total. The van der Waals surface area contributed by atoms with Crippen LogP contribution in [0.15, 0.2) is 66.7 Å². The molecule has 3 aromatic carbocycles. The lowest BCUT2D eigenvalue weighted by Crippen LogP contribution is -2.48. The number of nitrogens with one attached hydrogen (secondary N) is 1. The van der Waals surface area contributed by atoms with Crippen molar-refractivity contribution in [1.82, 2.24) is 4.90 Å². The Kier molecular flexibility index (Phi) is 7.93. The van der Waals surface area contributed by atoms with E-state index in [0.717, 1.165) is 16.0 Å². The lowest BCUT2D eigenvalue weighted by Gasteiger charge is -2.26. The first-order chi connectivity index (χ1) is 18.2. The number of carboxylic acid groups (broad SMARTS) is 1. The monoisotopic (exact) mass is 530 g/mol. The Morgan fingerprint density at radius 1 is 1.05 bits per heavy atom. The highest BCUT2D eigenvalue weighted by molar-refractivity contribution is 6.30. The van der Waals surface area contributed by atoms with Crippen LogP contribution in [0.5, 0.6) is 0 Å². The van der Waals surface area contributed by atoms with Gasteiger partial charge in [-0.3, -0.25) is 15.0 Å². The first-order valence-electron chi connectivity index (χ1n) is 12.0. The van der Waals surface area contributed by atoms with E-state index in [4.69, 9.17) is 22.7 Å². The number of carboxylic acids is 1. The highest BCUT2D eigenvalue weighted by atomic mass is 35.5. The molecule has 0 saturated heterocycles. The standard InChI is InChI=1S/C29H27ClN4O4/c1-2-24(29(37)38)34-17-26(35)33(16-20-7-12-22(30)13-8-20)25-14-9-19(15-23(25)28(34)36)4-3-18-5-10-21(11-6-18)27(31)32/h3-15,24H,2,16-17H2,1H3,(H3,31,32)(H,37,38). The number of carbonyl (C=O) groups excluding carboxylic acids is 2. The van der Waals surface area contributed by atoms with E-state index < -0.39 is 17.9 Å². The minimum atomic E-state index is -1.16. The van der Waals surface area contributed by atoms with Crippen LogP contribution in [0, 0.1) is 5.41 Å². The number of nitrogen functional groups attached to an aromatic ring is 1. The van der Waals surface area contributed by atoms with Crippen LogP contribution in [0.2, 0.25) is 5.02 Å². The summed E-state index contributed by atoms with van der Waals surface area (Å²) in [5.74, 6) is -2.06. The second-order valence-electron chi connectivity index (χ2n) is 8.95. The fourth-order valence-corrected chi connectivity index (χ4v) is 4.47. The predicted octanol–water partition coefficient (Wildman–Crippen LogP) is 4.65. The lowest BCUT2D eigenvalue weighted by molar-refractivity contribution is -0.142. The van der Waals surface area contributed by atoms with Gasteiger partial charge in [-0.2, -0.15) is 0 Å². The molecule has 1 atom stereocenters. The minimum Gasteiger partial charge on any atom is -0.480 e. The van der Waals surface area contributed by atoms with E-state index in [1.54, 1.807) is 61.5 Å². The maximum Gasteiger partial charge on any atom is 0.326 e. The van der Waals surface area contributed by atoms with Crippen molar-refractivity contribution in [2.24, 2.45) is 5.73 Å². The molecule has 4 rings (SSSR count). The SMILES string of the molecule is CCC(C(=O)O)N1CC(=O)N(Cc2ccc(Cl)cc2)c2ccc(C=Cc3ccc(C(=N)N)cc3)cc2C1=O. The maximum atomic E-state index is 13.7. The highest BCUT2D eigenvalue weighted by Crippen LogP contribution is 2.30. The van der Waals surface area contributed by atoms with E-state index in [1.165, 1.54) is 4.90 Å². The molecule has 1 unspecified atom stereocenters. The Balaban J connectivity index is 1.74. The number of nitrogens with two attached hydrogens (primary N) is 1. The Morgan fingerprint density at radius 2 is 1.68 bits per heavy atom. The number of aliphatic carboxylic acids is 1. The molecule has 0 spiro atoms. The molecule has 2 amide bonds. The van der Waals surface area contributed by atoms with Gasteiger partial charge in [-0.15, -0.1) is 0 Å². The molecule has 194 valence electrons. The van der Waals surface area contributed by atoms with Crippen molar-refractivity contribution in [2.45, 2.75) is 25.9 Å². The van der Waals surface area contributed by atoms with Crippen molar-refractivity contribution in [2.75, 3.05) is 11.4 Å². The fraction of sp³-hybridized carbons (Fsp3) is 0.172. The molecule has 1 heterocycles. The Hall–Kier alpha value is -4.43. The van der Waals surface area contributed by atoms with Crippen molar-refractivity contribution >= 4 is 53.1 Å². The Labute approximate surface area is 225 Å². The summed E-state index contributed by atoms with van der Waals surface area (Å²) in [4.78, 5) is 41.7. The summed E-state index contributed by atoms with van der Waals surface area (Å²) in [5, 5.41) is 17.8. The number of hydrogen-bond donors (Lipinski definition) is 3. The number of rotatable bonds is 8. The summed E-state index contributed by atoms with van der Waals surface area (Å²) < 4.78 is 0. The van der Waals surface area contributed by atoms with E-state index in [1.807, 2.05) is 24.3 Å². The van der Waals surface area contributed by atoms with Crippen molar-refractivity contribution < 1.29 is 19.5 Å². The zero-order chi connectivity index (χ0) is 27.4. The van der Waals surface area contributed by atoms with Crippen LogP contribution in [0.25, 0.3) is 12.2 Å². The summed E-state index contributed by atoms with van der Waals surface area (Å²) in [6.45, 7) is 1.52. The molecule has 0 saturated carbocycles. The number of fused-ring (bicyclic) bond motifs is 1. The molecule has 0 aliphatic carbocycles. The normalized spacial score (nSPS) is 14.4. The average Bonchev–Trinajstić information content (AvgIpc) is 2.99. The number of anilines is 1. The smallest absolute Gasteiger partial charge is 0.326 e. The van der Waals surface area contributed by atoms with Gasteiger partial charge in [0.2, 0.25) is 5.91 Å². The number of carbonyl (C=O) groups is 3. The number of amides is 2. The number of amidine groups is 1. The van der Waals surface area contributed by atoms with E-state index >= 15 is 0 Å². The van der Waals surface area contributed by atoms with Gasteiger partial charge >= 0.3 is 5.97 Å². The van der Waals surface area contributed by atoms with Crippen LogP contribution in [0.4, 0.5) is 5.69 Å². The third kappa shape index (κ3) is 5.76. The summed E-state index contributed by atoms with van der Waals surface area (Å²) in [6.07, 6.45) is 3.84. The van der Waals surface area contributed by atoms with Gasteiger partial charge in [0.05, 0.1) is 17.8 Å². The molecule has 1 aliphatic heterocycles. The second-order valence-corrected chi connectivity index (χ2v) is 9.38. The number of hydrogen-bond acceptors (Lipinski definition) is 4. The van der Waals surface area contributed by atoms with Crippen LogP contribution in [0.3, 0.4) is 0 Å². The van der Waals surface area contributed by atoms with Gasteiger partial charge in [-0.05, 0) is 47.4 Å². The molecule has 38 heavy (non-hydrogen) atoms. The summed E-state index contributed by atoms with van der Waals surface area (Å²) in [7, 11) is 0. The van der Waals surface area contributed by atoms with Crippen molar-refractivity contribution in [3.63, 3.8) is 0 Å². The van der Waals surface area contributed by atoms with E-state index in [0.29, 0.717) is 21.8 Å². The molecule has 1 aliphatic rings. The number of nitrogens with zero attached hydrogens (tertiary/aromatic N) is 2. The molecular formula is C29H27ClN4O4. The van der Waals surface area contributed by atoms with Crippen LogP contribution < -0.4 is 10.6 Å². The molecule has 9 heteroatoms. The first kappa shape index (κ1) is 26.6. The fourth-order valence-electron chi connectivity index (χ4n) is 4.35. The molecular weight excluding hydrogens is 504 g/mol. The molecule has 0 bridgehead atoms. The summed E-state index contributed by atoms with van der Waals surface area (Å²) in [5.41, 5.74) is 9.19. The summed E-state index contributed by atoms with van der Waals surface area (Å²) in [6, 6.07) is 18.3. The van der Waals surface area contributed by atoms with Gasteiger partial charge in [-0.25, -0.2) is 4.79 Å². The zero-order valence-electron chi connectivity index (χ0n) is 20.7. The van der Waals surface area contributed by atoms with Crippen molar-refractivity contribution in [3.8, 4) is 0 Å². The van der Waals surface area contributed by atoms with Crippen LogP contribution in [0.1, 0.15) is 46.0 Å². The van der Waals surface area contributed by atoms with E-state index in [2.05, 4.69) is 0 Å². The van der Waals surface area contributed by atoms with Crippen LogP contribution in [-0.4, -0.2) is 46.2 Å². The number of benzene rings is 3. The van der Waals surface area contributed by atoms with Crippen LogP contribution in [-0.2, 0) is 16.1 Å². The van der Waals surface area contributed by atoms with Gasteiger partial charge in [0, 0.05) is 10.6 Å². The van der Waals surface area contributed by atoms with Crippen LogP contribution >= 0.6 is 11.6 Å². The molecule has 3 aromatic rings. The average molecular weight is 531 g/mol. The quantitative estimate of drug-likeness (QED) is 0.222. The Morgan fingerprint density at radius 3 is 2.29 bits per heavy atom. The molecule has 4 N–H and O–H groups in total. The van der Waals surface area contributed by atoms with E-state index in [9.17, 15) is 19.5 Å². The Bertz CT molecular complexity index is 1420. The predicted molar refractivity (Wildman–Crippen MR) is 148 cm³/mol. The summed E-state index contributed by atoms with van der Waals surface area (Å²) >= 11 is 6.01.